The summed E-state index contributed by atoms with van der Waals surface area (Å²) < 4.78 is 7.27. The molecule has 0 unspecified atom stereocenters. The van der Waals surface area contributed by atoms with Crippen molar-refractivity contribution >= 4 is 33.6 Å². The predicted molar refractivity (Wildman–Crippen MR) is 107 cm³/mol. The van der Waals surface area contributed by atoms with E-state index in [4.69, 9.17) is 4.52 Å². The number of fused-ring (bicyclic) bond motifs is 2. The van der Waals surface area contributed by atoms with Crippen LogP contribution in [0.15, 0.2) is 83.6 Å². The van der Waals surface area contributed by atoms with Crippen molar-refractivity contribution in [3.63, 3.8) is 0 Å². The lowest BCUT2D eigenvalue weighted by molar-refractivity contribution is -0.115. The molecule has 0 spiro atoms. The van der Waals surface area contributed by atoms with Crippen molar-refractivity contribution in [2.24, 2.45) is 0 Å². The van der Waals surface area contributed by atoms with E-state index in [0.717, 1.165) is 27.8 Å². The highest BCUT2D eigenvalue weighted by Crippen LogP contribution is 2.21. The molecule has 0 bridgehead atoms. The summed E-state index contributed by atoms with van der Waals surface area (Å²) >= 11 is 0. The third-order valence-electron chi connectivity index (χ3n) is 4.66. The Labute approximate surface area is 160 Å². The van der Waals surface area contributed by atoms with Crippen LogP contribution in [0.2, 0.25) is 0 Å². The Morgan fingerprint density at radius 3 is 2.64 bits per heavy atom. The topological polar surface area (TPSA) is 73.0 Å². The Kier molecular flexibility index (Phi) is 3.87. The van der Waals surface area contributed by atoms with Crippen LogP contribution in [-0.4, -0.2) is 20.6 Å². The fraction of sp³-hybridized carbons (Fsp3) is 0.0455. The molecule has 1 amide bonds. The molecule has 5 aromatic rings. The summed E-state index contributed by atoms with van der Waals surface area (Å²) in [7, 11) is 0. The van der Waals surface area contributed by atoms with Crippen LogP contribution in [0.25, 0.3) is 27.7 Å². The third kappa shape index (κ3) is 2.91. The minimum atomic E-state index is -0.139. The Bertz CT molecular complexity index is 1280. The van der Waals surface area contributed by atoms with Gasteiger partial charge in [-0.3, -0.25) is 9.36 Å². The number of rotatable bonds is 4. The number of amides is 1. The zero-order valence-electron chi connectivity index (χ0n) is 14.9. The molecule has 5 rings (SSSR count). The van der Waals surface area contributed by atoms with Gasteiger partial charge in [-0.15, -0.1) is 0 Å². The maximum absolute atomic E-state index is 12.4. The fourth-order valence-electron chi connectivity index (χ4n) is 3.29. The average Bonchev–Trinajstić information content (AvgIpc) is 3.33. The van der Waals surface area contributed by atoms with E-state index >= 15 is 0 Å². The van der Waals surface area contributed by atoms with E-state index in [9.17, 15) is 4.79 Å². The van der Waals surface area contributed by atoms with Crippen molar-refractivity contribution in [1.29, 1.82) is 0 Å². The molecule has 2 aromatic heterocycles. The first-order valence-electron chi connectivity index (χ1n) is 8.93. The highest BCUT2D eigenvalue weighted by atomic mass is 16.5. The summed E-state index contributed by atoms with van der Waals surface area (Å²) in [5, 5.41) is 7.78. The van der Waals surface area contributed by atoms with Gasteiger partial charge in [0.15, 0.2) is 5.58 Å². The van der Waals surface area contributed by atoms with E-state index < -0.39 is 0 Å². The summed E-state index contributed by atoms with van der Waals surface area (Å²) in [4.78, 5) is 16.8. The summed E-state index contributed by atoms with van der Waals surface area (Å²) in [5.74, 6) is -0.139. The number of nitrogens with zero attached hydrogens (tertiary/aromatic N) is 3. The molecular formula is C22H16N4O2. The molecule has 0 atom stereocenters. The quantitative estimate of drug-likeness (QED) is 0.512. The Morgan fingerprint density at radius 1 is 0.964 bits per heavy atom. The lowest BCUT2D eigenvalue weighted by Crippen LogP contribution is -2.14. The smallest absolute Gasteiger partial charge is 0.230 e. The van der Waals surface area contributed by atoms with E-state index in [1.54, 1.807) is 6.33 Å². The van der Waals surface area contributed by atoms with Gasteiger partial charge in [-0.25, -0.2) is 4.98 Å². The van der Waals surface area contributed by atoms with Crippen molar-refractivity contribution in [2.75, 3.05) is 5.32 Å². The van der Waals surface area contributed by atoms with Crippen molar-refractivity contribution < 1.29 is 9.32 Å². The second kappa shape index (κ2) is 6.66. The number of carbonyl (C=O) groups excluding carboxylic acids is 1. The largest absolute Gasteiger partial charge is 0.356 e. The summed E-state index contributed by atoms with van der Waals surface area (Å²) in [5.41, 5.74) is 5.01. The van der Waals surface area contributed by atoms with Gasteiger partial charge >= 0.3 is 0 Å². The van der Waals surface area contributed by atoms with Crippen molar-refractivity contribution in [3.8, 4) is 5.69 Å². The summed E-state index contributed by atoms with van der Waals surface area (Å²) in [6, 6.07) is 23.1. The molecule has 1 N–H and O–H groups in total. The fourth-order valence-corrected chi connectivity index (χ4v) is 3.29. The van der Waals surface area contributed by atoms with Gasteiger partial charge in [0.25, 0.3) is 0 Å². The predicted octanol–water partition coefficient (Wildman–Crippen LogP) is 4.35. The number of benzene rings is 3. The number of hydrogen-bond donors (Lipinski definition) is 1. The lowest BCUT2D eigenvalue weighted by atomic mass is 10.1. The Hall–Kier alpha value is -3.93. The van der Waals surface area contributed by atoms with E-state index in [2.05, 4.69) is 15.5 Å². The lowest BCUT2D eigenvalue weighted by Gasteiger charge is -2.07. The van der Waals surface area contributed by atoms with Crippen LogP contribution in [0.1, 0.15) is 5.69 Å². The van der Waals surface area contributed by atoms with E-state index in [1.807, 2.05) is 77.4 Å². The molecule has 28 heavy (non-hydrogen) atoms. The number of carbonyl (C=O) groups is 1. The van der Waals surface area contributed by atoms with Crippen LogP contribution in [-0.2, 0) is 11.2 Å². The molecule has 3 aromatic carbocycles. The van der Waals surface area contributed by atoms with Crippen molar-refractivity contribution in [1.82, 2.24) is 14.7 Å². The molecule has 0 aliphatic rings. The van der Waals surface area contributed by atoms with Gasteiger partial charge in [0.2, 0.25) is 5.91 Å². The van der Waals surface area contributed by atoms with Crippen molar-refractivity contribution in [2.45, 2.75) is 6.42 Å². The third-order valence-corrected chi connectivity index (χ3v) is 4.66. The van der Waals surface area contributed by atoms with Gasteiger partial charge in [-0.1, -0.05) is 29.4 Å². The van der Waals surface area contributed by atoms with Gasteiger partial charge in [0.1, 0.15) is 12.0 Å². The van der Waals surface area contributed by atoms with Gasteiger partial charge in [0, 0.05) is 16.8 Å². The number of nitrogens with one attached hydrogen (secondary N) is 1. The second-order valence-electron chi connectivity index (χ2n) is 6.50. The first-order chi connectivity index (χ1) is 13.8. The maximum atomic E-state index is 12.4. The summed E-state index contributed by atoms with van der Waals surface area (Å²) in [6.07, 6.45) is 1.96. The normalized spacial score (nSPS) is 11.1. The monoisotopic (exact) mass is 368 g/mol. The van der Waals surface area contributed by atoms with Crippen LogP contribution in [0.4, 0.5) is 5.69 Å². The van der Waals surface area contributed by atoms with Crippen LogP contribution in [0, 0.1) is 0 Å². The van der Waals surface area contributed by atoms with Crippen LogP contribution in [0.5, 0.6) is 0 Å². The average molecular weight is 368 g/mol. The van der Waals surface area contributed by atoms with Gasteiger partial charge in [0.05, 0.1) is 17.5 Å². The van der Waals surface area contributed by atoms with E-state index in [1.165, 1.54) is 0 Å². The van der Waals surface area contributed by atoms with E-state index in [-0.39, 0.29) is 12.3 Å². The number of para-hydroxylation sites is 3. The highest BCUT2D eigenvalue weighted by Gasteiger charge is 2.12. The minimum Gasteiger partial charge on any atom is -0.356 e. The highest BCUT2D eigenvalue weighted by molar-refractivity contribution is 5.94. The molecular weight excluding hydrogens is 352 g/mol. The molecule has 0 radical (unpaired) electrons. The molecule has 0 saturated heterocycles. The number of anilines is 1. The molecule has 2 heterocycles. The standard InChI is InChI=1S/C22H16N4O2/c27-22(13-19-17-5-1-4-8-21(17)28-25-19)24-15-9-11-16(12-10-15)26-14-23-18-6-2-3-7-20(18)26/h1-12,14H,13H2,(H,24,27). The molecule has 0 fully saturated rings. The zero-order valence-corrected chi connectivity index (χ0v) is 14.9. The maximum Gasteiger partial charge on any atom is 0.230 e. The van der Waals surface area contributed by atoms with Gasteiger partial charge in [-0.05, 0) is 48.5 Å². The van der Waals surface area contributed by atoms with Gasteiger partial charge in [-0.2, -0.15) is 0 Å². The Balaban J connectivity index is 1.33. The van der Waals surface area contributed by atoms with Gasteiger partial charge < -0.3 is 9.84 Å². The molecule has 6 nitrogen and oxygen atoms in total. The zero-order chi connectivity index (χ0) is 18.9. The van der Waals surface area contributed by atoms with Crippen LogP contribution >= 0.6 is 0 Å². The summed E-state index contributed by atoms with van der Waals surface area (Å²) in [6.45, 7) is 0. The molecule has 6 heteroatoms. The number of hydrogen-bond acceptors (Lipinski definition) is 4. The minimum absolute atomic E-state index is 0.139. The molecule has 136 valence electrons. The molecule has 0 saturated carbocycles. The number of aromatic nitrogens is 3. The van der Waals surface area contributed by atoms with Crippen LogP contribution < -0.4 is 5.32 Å². The van der Waals surface area contributed by atoms with Crippen LogP contribution in [0.3, 0.4) is 0 Å². The Morgan fingerprint density at radius 2 is 1.75 bits per heavy atom. The molecule has 0 aliphatic carbocycles. The first kappa shape index (κ1) is 16.3. The molecule has 0 aliphatic heterocycles. The number of imidazole rings is 1. The van der Waals surface area contributed by atoms with Crippen molar-refractivity contribution in [3.05, 3.63) is 84.8 Å². The second-order valence-corrected chi connectivity index (χ2v) is 6.50. The SMILES string of the molecule is O=C(Cc1noc2ccccc12)Nc1ccc(-n2cnc3ccccc32)cc1. The van der Waals surface area contributed by atoms with E-state index in [0.29, 0.717) is 11.3 Å². The first-order valence-corrected chi connectivity index (χ1v) is 8.93.